The van der Waals surface area contributed by atoms with Gasteiger partial charge in [-0.15, -0.1) is 0 Å². The lowest BCUT2D eigenvalue weighted by Gasteiger charge is -2.14. The maximum Gasteiger partial charge on any atom is 0.136 e. The Hall–Kier alpha value is -1.74. The van der Waals surface area contributed by atoms with Gasteiger partial charge < -0.3 is 5.73 Å². The van der Waals surface area contributed by atoms with Gasteiger partial charge in [0.2, 0.25) is 0 Å². The summed E-state index contributed by atoms with van der Waals surface area (Å²) >= 11 is 0. The highest BCUT2D eigenvalue weighted by Crippen LogP contribution is 2.32. The zero-order chi connectivity index (χ0) is 13.3. The lowest BCUT2D eigenvalue weighted by molar-refractivity contribution is 0.583. The van der Waals surface area contributed by atoms with Crippen molar-refractivity contribution in [2.24, 2.45) is 5.73 Å². The van der Waals surface area contributed by atoms with Gasteiger partial charge in [0.25, 0.3) is 0 Å². The number of rotatable bonds is 2. The Morgan fingerprint density at radius 3 is 2.39 bits per heavy atom. The van der Waals surface area contributed by atoms with E-state index in [4.69, 9.17) is 5.73 Å². The summed E-state index contributed by atoms with van der Waals surface area (Å²) in [5.74, 6) is -1.09. The predicted molar refractivity (Wildman–Crippen MR) is 69.1 cm³/mol. The number of hydrogen-bond acceptors (Lipinski definition) is 1. The van der Waals surface area contributed by atoms with E-state index < -0.39 is 11.6 Å². The molecule has 0 aliphatic rings. The van der Waals surface area contributed by atoms with E-state index in [1.54, 1.807) is 32.0 Å². The summed E-state index contributed by atoms with van der Waals surface area (Å²) in [6.45, 7) is 3.41. The molecule has 1 unspecified atom stereocenters. The van der Waals surface area contributed by atoms with Crippen LogP contribution >= 0.6 is 0 Å². The molecule has 3 heteroatoms. The summed E-state index contributed by atoms with van der Waals surface area (Å²) in [6.07, 6.45) is 0. The molecule has 0 aliphatic heterocycles. The maximum atomic E-state index is 14.1. The van der Waals surface area contributed by atoms with Crippen LogP contribution in [-0.4, -0.2) is 0 Å². The monoisotopic (exact) mass is 247 g/mol. The van der Waals surface area contributed by atoms with Gasteiger partial charge in [0, 0.05) is 6.04 Å². The zero-order valence-electron chi connectivity index (χ0n) is 10.4. The normalized spacial score (nSPS) is 12.5. The minimum atomic E-state index is -0.564. The van der Waals surface area contributed by atoms with E-state index in [1.807, 2.05) is 6.07 Å². The minimum absolute atomic E-state index is 0.00269. The number of benzene rings is 2. The van der Waals surface area contributed by atoms with Crippen LogP contribution in [0.15, 0.2) is 36.4 Å². The number of halogens is 2. The predicted octanol–water partition coefficient (Wildman–Crippen LogP) is 3.96. The van der Waals surface area contributed by atoms with Gasteiger partial charge in [0.05, 0.1) is 5.56 Å². The highest BCUT2D eigenvalue weighted by Gasteiger charge is 2.17. The lowest BCUT2D eigenvalue weighted by Crippen LogP contribution is -2.07. The van der Waals surface area contributed by atoms with E-state index in [2.05, 4.69) is 0 Å². The van der Waals surface area contributed by atoms with Crippen molar-refractivity contribution in [1.82, 2.24) is 0 Å². The fourth-order valence-electron chi connectivity index (χ4n) is 2.03. The van der Waals surface area contributed by atoms with Crippen LogP contribution in [0.3, 0.4) is 0 Å². The van der Waals surface area contributed by atoms with Gasteiger partial charge in [0.1, 0.15) is 11.6 Å². The van der Waals surface area contributed by atoms with Gasteiger partial charge in [-0.05, 0) is 36.6 Å². The highest BCUT2D eigenvalue weighted by molar-refractivity contribution is 5.70. The molecule has 0 bridgehead atoms. The molecule has 0 saturated carbocycles. The van der Waals surface area contributed by atoms with Gasteiger partial charge in [-0.25, -0.2) is 8.78 Å². The van der Waals surface area contributed by atoms with Crippen LogP contribution in [0.2, 0.25) is 0 Å². The van der Waals surface area contributed by atoms with Crippen molar-refractivity contribution in [3.05, 3.63) is 59.2 Å². The molecule has 0 aliphatic carbocycles. The Morgan fingerprint density at radius 1 is 1.06 bits per heavy atom. The average molecular weight is 247 g/mol. The number of aryl methyl sites for hydroxylation is 1. The maximum absolute atomic E-state index is 14.1. The van der Waals surface area contributed by atoms with Crippen LogP contribution in [0.1, 0.15) is 24.1 Å². The van der Waals surface area contributed by atoms with E-state index >= 15 is 0 Å². The third-order valence-electron chi connectivity index (χ3n) is 3.00. The molecule has 0 heterocycles. The van der Waals surface area contributed by atoms with Crippen molar-refractivity contribution in [2.75, 3.05) is 0 Å². The van der Waals surface area contributed by atoms with Crippen LogP contribution in [-0.2, 0) is 0 Å². The fourth-order valence-corrected chi connectivity index (χ4v) is 2.03. The van der Waals surface area contributed by atoms with Crippen LogP contribution in [0.4, 0.5) is 8.78 Å². The Morgan fingerprint density at radius 2 is 1.72 bits per heavy atom. The largest absolute Gasteiger partial charge is 0.324 e. The molecular formula is C15H15F2N. The van der Waals surface area contributed by atoms with Crippen molar-refractivity contribution in [2.45, 2.75) is 19.9 Å². The van der Waals surface area contributed by atoms with Gasteiger partial charge in [0.15, 0.2) is 0 Å². The quantitative estimate of drug-likeness (QED) is 0.854. The first-order chi connectivity index (χ1) is 8.52. The Bertz CT molecular complexity index is 577. The molecular weight excluding hydrogens is 232 g/mol. The second-order valence-corrected chi connectivity index (χ2v) is 4.43. The summed E-state index contributed by atoms with van der Waals surface area (Å²) in [7, 11) is 0. The Balaban J connectivity index is 2.73. The molecule has 0 radical (unpaired) electrons. The summed E-state index contributed by atoms with van der Waals surface area (Å²) in [6, 6.07) is 9.49. The average Bonchev–Trinajstić information content (AvgIpc) is 2.35. The van der Waals surface area contributed by atoms with Gasteiger partial charge in [-0.1, -0.05) is 30.3 Å². The molecule has 1 atom stereocenters. The molecule has 2 aromatic carbocycles. The summed E-state index contributed by atoms with van der Waals surface area (Å²) in [5, 5.41) is 0. The minimum Gasteiger partial charge on any atom is -0.324 e. The second-order valence-electron chi connectivity index (χ2n) is 4.43. The van der Waals surface area contributed by atoms with Crippen LogP contribution in [0.25, 0.3) is 11.1 Å². The molecule has 2 rings (SSSR count). The molecule has 1 nitrogen and oxygen atoms in total. The smallest absolute Gasteiger partial charge is 0.136 e. The lowest BCUT2D eigenvalue weighted by atomic mass is 9.94. The molecule has 2 aromatic rings. The van der Waals surface area contributed by atoms with Gasteiger partial charge in [-0.2, -0.15) is 0 Å². The topological polar surface area (TPSA) is 26.0 Å². The van der Waals surface area contributed by atoms with E-state index in [0.717, 1.165) is 5.56 Å². The van der Waals surface area contributed by atoms with Crippen LogP contribution < -0.4 is 5.73 Å². The summed E-state index contributed by atoms with van der Waals surface area (Å²) in [5.41, 5.74) is 7.53. The van der Waals surface area contributed by atoms with E-state index in [9.17, 15) is 8.78 Å². The first-order valence-corrected chi connectivity index (χ1v) is 5.82. The molecule has 18 heavy (non-hydrogen) atoms. The SMILES string of the molecule is Cc1ccc(F)c(-c2ccccc2C(C)N)c1F. The number of nitrogens with two attached hydrogens (primary N) is 1. The van der Waals surface area contributed by atoms with Crippen molar-refractivity contribution in [1.29, 1.82) is 0 Å². The van der Waals surface area contributed by atoms with Gasteiger partial charge in [-0.3, -0.25) is 0 Å². The van der Waals surface area contributed by atoms with Crippen molar-refractivity contribution in [3.63, 3.8) is 0 Å². The van der Waals surface area contributed by atoms with Crippen molar-refractivity contribution < 1.29 is 8.78 Å². The van der Waals surface area contributed by atoms with Crippen LogP contribution in [0, 0.1) is 18.6 Å². The molecule has 2 N–H and O–H groups in total. The number of hydrogen-bond donors (Lipinski definition) is 1. The molecule has 0 spiro atoms. The van der Waals surface area contributed by atoms with E-state index in [1.165, 1.54) is 12.1 Å². The molecule has 0 amide bonds. The third kappa shape index (κ3) is 2.14. The van der Waals surface area contributed by atoms with E-state index in [-0.39, 0.29) is 11.6 Å². The standard InChI is InChI=1S/C15H15F2N/c1-9-7-8-13(16)14(15(9)17)12-6-4-3-5-11(12)10(2)18/h3-8,10H,18H2,1-2H3. The second kappa shape index (κ2) is 4.86. The molecule has 94 valence electrons. The third-order valence-corrected chi connectivity index (χ3v) is 3.00. The fraction of sp³-hybridized carbons (Fsp3) is 0.200. The summed E-state index contributed by atoms with van der Waals surface area (Å²) in [4.78, 5) is 0. The molecule has 0 fully saturated rings. The molecule has 0 saturated heterocycles. The molecule has 0 aromatic heterocycles. The van der Waals surface area contributed by atoms with Crippen LogP contribution in [0.5, 0.6) is 0 Å². The Labute approximate surface area is 105 Å². The zero-order valence-corrected chi connectivity index (χ0v) is 10.4. The Kier molecular flexibility index (Phi) is 3.43. The first-order valence-electron chi connectivity index (χ1n) is 5.82. The highest BCUT2D eigenvalue weighted by atomic mass is 19.1. The van der Waals surface area contributed by atoms with Crippen molar-refractivity contribution >= 4 is 0 Å². The summed E-state index contributed by atoms with van der Waals surface area (Å²) < 4.78 is 28.0. The van der Waals surface area contributed by atoms with Crippen molar-refractivity contribution in [3.8, 4) is 11.1 Å². The first kappa shape index (κ1) is 12.7. The van der Waals surface area contributed by atoms with Gasteiger partial charge >= 0.3 is 0 Å². The van der Waals surface area contributed by atoms with E-state index in [0.29, 0.717) is 11.1 Å².